The summed E-state index contributed by atoms with van der Waals surface area (Å²) >= 11 is 4.77. The van der Waals surface area contributed by atoms with E-state index in [0.717, 1.165) is 12.8 Å². The predicted octanol–water partition coefficient (Wildman–Crippen LogP) is 1.16. The molecule has 0 spiro atoms. The van der Waals surface area contributed by atoms with Crippen LogP contribution >= 0.6 is 12.2 Å². The van der Waals surface area contributed by atoms with Crippen molar-refractivity contribution < 1.29 is 8.42 Å². The highest BCUT2D eigenvalue weighted by Gasteiger charge is 2.34. The first-order valence-electron chi connectivity index (χ1n) is 5.58. The van der Waals surface area contributed by atoms with E-state index in [1.165, 1.54) is 6.42 Å². The lowest BCUT2D eigenvalue weighted by Crippen LogP contribution is -2.46. The molecule has 4 nitrogen and oxygen atoms in total. The lowest BCUT2D eigenvalue weighted by molar-refractivity contribution is 0.166. The molecule has 1 rings (SSSR count). The number of rotatable bonds is 6. The minimum atomic E-state index is -3.40. The molecule has 0 heterocycles. The van der Waals surface area contributed by atoms with Crippen molar-refractivity contribution >= 4 is 27.2 Å². The Morgan fingerprint density at radius 3 is 2.44 bits per heavy atom. The molecule has 94 valence electrons. The molecule has 1 atom stereocenters. The monoisotopic (exact) mass is 264 g/mol. The first kappa shape index (κ1) is 13.9. The molecular formula is C10H20N2O2S2. The van der Waals surface area contributed by atoms with Gasteiger partial charge < -0.3 is 5.73 Å². The SMILES string of the molecule is CCC(C(N)=S)S(=O)(=O)NCC1(C)CCC1. The maximum atomic E-state index is 11.9. The predicted molar refractivity (Wildman–Crippen MR) is 69.7 cm³/mol. The van der Waals surface area contributed by atoms with E-state index in [-0.39, 0.29) is 10.4 Å². The summed E-state index contributed by atoms with van der Waals surface area (Å²) in [5, 5.41) is -0.744. The first-order chi connectivity index (χ1) is 7.31. The molecule has 1 aliphatic carbocycles. The molecule has 0 aromatic carbocycles. The van der Waals surface area contributed by atoms with Gasteiger partial charge in [0.25, 0.3) is 0 Å². The third-order valence-corrected chi connectivity index (χ3v) is 5.64. The van der Waals surface area contributed by atoms with E-state index in [1.807, 2.05) is 0 Å². The van der Waals surface area contributed by atoms with E-state index >= 15 is 0 Å². The zero-order chi connectivity index (χ0) is 12.4. The molecule has 0 aliphatic heterocycles. The quantitative estimate of drug-likeness (QED) is 0.706. The lowest BCUT2D eigenvalue weighted by Gasteiger charge is -2.38. The van der Waals surface area contributed by atoms with Gasteiger partial charge in [-0.15, -0.1) is 0 Å². The maximum absolute atomic E-state index is 11.9. The van der Waals surface area contributed by atoms with Gasteiger partial charge in [0.05, 0.1) is 4.99 Å². The van der Waals surface area contributed by atoms with Gasteiger partial charge in [0.1, 0.15) is 5.25 Å². The van der Waals surface area contributed by atoms with Crippen molar-refractivity contribution in [3.8, 4) is 0 Å². The van der Waals surface area contributed by atoms with Crippen LogP contribution in [0.4, 0.5) is 0 Å². The van der Waals surface area contributed by atoms with Gasteiger partial charge in [0, 0.05) is 6.54 Å². The molecule has 0 aromatic heterocycles. The van der Waals surface area contributed by atoms with Crippen LogP contribution in [0.2, 0.25) is 0 Å². The minimum Gasteiger partial charge on any atom is -0.392 e. The molecule has 0 aromatic rings. The lowest BCUT2D eigenvalue weighted by atomic mass is 9.71. The number of nitrogens with one attached hydrogen (secondary N) is 1. The Labute approximate surface area is 103 Å². The van der Waals surface area contributed by atoms with Crippen LogP contribution < -0.4 is 10.5 Å². The Morgan fingerprint density at radius 2 is 2.12 bits per heavy atom. The van der Waals surface area contributed by atoms with Gasteiger partial charge in [0.15, 0.2) is 0 Å². The summed E-state index contributed by atoms with van der Waals surface area (Å²) in [6.45, 7) is 4.36. The van der Waals surface area contributed by atoms with E-state index in [0.29, 0.717) is 13.0 Å². The van der Waals surface area contributed by atoms with Crippen molar-refractivity contribution in [2.75, 3.05) is 6.54 Å². The van der Waals surface area contributed by atoms with Gasteiger partial charge >= 0.3 is 0 Å². The fourth-order valence-electron chi connectivity index (χ4n) is 1.91. The Morgan fingerprint density at radius 1 is 1.56 bits per heavy atom. The van der Waals surface area contributed by atoms with Crippen molar-refractivity contribution in [3.63, 3.8) is 0 Å². The highest BCUT2D eigenvalue weighted by Crippen LogP contribution is 2.39. The fraction of sp³-hybridized carbons (Fsp3) is 0.900. The number of hydrogen-bond donors (Lipinski definition) is 2. The highest BCUT2D eigenvalue weighted by atomic mass is 32.2. The van der Waals surface area contributed by atoms with Crippen molar-refractivity contribution in [1.29, 1.82) is 0 Å². The van der Waals surface area contributed by atoms with Crippen LogP contribution in [-0.4, -0.2) is 25.2 Å². The molecule has 1 aliphatic rings. The number of hydrogen-bond acceptors (Lipinski definition) is 3. The number of sulfonamides is 1. The molecule has 16 heavy (non-hydrogen) atoms. The molecule has 6 heteroatoms. The second kappa shape index (κ2) is 4.98. The normalized spacial score (nSPS) is 21.1. The van der Waals surface area contributed by atoms with Crippen LogP contribution in [0.15, 0.2) is 0 Å². The summed E-state index contributed by atoms with van der Waals surface area (Å²) in [5.41, 5.74) is 5.56. The van der Waals surface area contributed by atoms with Crippen LogP contribution in [-0.2, 0) is 10.0 Å². The van der Waals surface area contributed by atoms with Crippen LogP contribution in [0.3, 0.4) is 0 Å². The molecule has 0 radical (unpaired) electrons. The molecule has 0 saturated heterocycles. The van der Waals surface area contributed by atoms with Crippen molar-refractivity contribution in [1.82, 2.24) is 4.72 Å². The van der Waals surface area contributed by atoms with Crippen molar-refractivity contribution in [2.24, 2.45) is 11.1 Å². The Bertz CT molecular complexity index is 361. The third kappa shape index (κ3) is 3.15. The Balaban J connectivity index is 2.60. The van der Waals surface area contributed by atoms with Gasteiger partial charge in [-0.25, -0.2) is 13.1 Å². The highest BCUT2D eigenvalue weighted by molar-refractivity contribution is 7.93. The topological polar surface area (TPSA) is 72.2 Å². The Hall–Kier alpha value is -0.200. The average Bonchev–Trinajstić information content (AvgIpc) is 2.11. The fourth-order valence-corrected chi connectivity index (χ4v) is 3.95. The van der Waals surface area contributed by atoms with E-state index in [2.05, 4.69) is 11.6 Å². The molecule has 0 bridgehead atoms. The van der Waals surface area contributed by atoms with Crippen LogP contribution in [0.1, 0.15) is 39.5 Å². The van der Waals surface area contributed by atoms with Crippen molar-refractivity contribution in [2.45, 2.75) is 44.8 Å². The van der Waals surface area contributed by atoms with Gasteiger partial charge in [-0.3, -0.25) is 0 Å². The molecule has 1 saturated carbocycles. The maximum Gasteiger partial charge on any atom is 0.221 e. The molecular weight excluding hydrogens is 244 g/mol. The number of nitrogens with two attached hydrogens (primary N) is 1. The van der Waals surface area contributed by atoms with Gasteiger partial charge in [0.2, 0.25) is 10.0 Å². The van der Waals surface area contributed by atoms with Crippen molar-refractivity contribution in [3.05, 3.63) is 0 Å². The largest absolute Gasteiger partial charge is 0.392 e. The van der Waals surface area contributed by atoms with Crippen LogP contribution in [0, 0.1) is 5.41 Å². The van der Waals surface area contributed by atoms with Crippen LogP contribution in [0.25, 0.3) is 0 Å². The van der Waals surface area contributed by atoms with Crippen LogP contribution in [0.5, 0.6) is 0 Å². The van der Waals surface area contributed by atoms with E-state index in [9.17, 15) is 8.42 Å². The number of thiocarbonyl (C=S) groups is 1. The standard InChI is InChI=1S/C10H20N2O2S2/c1-3-8(9(11)15)16(13,14)12-7-10(2)5-4-6-10/h8,12H,3-7H2,1-2H3,(H2,11,15). The Kier molecular flexibility index (Phi) is 4.31. The second-order valence-corrected chi connectivity index (χ2v) is 7.25. The summed E-state index contributed by atoms with van der Waals surface area (Å²) in [6, 6.07) is 0. The van der Waals surface area contributed by atoms with Gasteiger partial charge in [-0.05, 0) is 24.7 Å². The summed E-state index contributed by atoms with van der Waals surface area (Å²) in [6.07, 6.45) is 3.77. The minimum absolute atomic E-state index is 0.0498. The summed E-state index contributed by atoms with van der Waals surface area (Å²) in [7, 11) is -3.40. The summed E-state index contributed by atoms with van der Waals surface area (Å²) in [4.78, 5) is 0.0498. The third-order valence-electron chi connectivity index (χ3n) is 3.32. The van der Waals surface area contributed by atoms with E-state index < -0.39 is 15.3 Å². The smallest absolute Gasteiger partial charge is 0.221 e. The molecule has 1 fully saturated rings. The summed E-state index contributed by atoms with van der Waals surface area (Å²) < 4.78 is 26.5. The zero-order valence-corrected chi connectivity index (χ0v) is 11.5. The molecule has 1 unspecified atom stereocenters. The molecule has 0 amide bonds. The summed E-state index contributed by atoms with van der Waals surface area (Å²) in [5.74, 6) is 0. The average molecular weight is 264 g/mol. The van der Waals surface area contributed by atoms with Gasteiger partial charge in [-0.2, -0.15) is 0 Å². The first-order valence-corrected chi connectivity index (χ1v) is 7.54. The second-order valence-electron chi connectivity index (χ2n) is 4.83. The zero-order valence-electron chi connectivity index (χ0n) is 9.82. The van der Waals surface area contributed by atoms with E-state index in [1.54, 1.807) is 6.92 Å². The molecule has 3 N–H and O–H groups in total. The van der Waals surface area contributed by atoms with E-state index in [4.69, 9.17) is 18.0 Å². The van der Waals surface area contributed by atoms with Gasteiger partial charge in [-0.1, -0.05) is 32.5 Å².